The van der Waals surface area contributed by atoms with Crippen LogP contribution >= 0.6 is 35.3 Å². The van der Waals surface area contributed by atoms with Gasteiger partial charge in [-0.1, -0.05) is 0 Å². The predicted octanol–water partition coefficient (Wildman–Crippen LogP) is 2.68. The molecule has 0 fully saturated rings. The van der Waals surface area contributed by atoms with E-state index in [1.54, 1.807) is 11.3 Å². The molecule has 2 heterocycles. The Kier molecular flexibility index (Phi) is 7.97. The Morgan fingerprint density at radius 1 is 1.26 bits per heavy atom. The molecular formula is C15H25IN6S. The van der Waals surface area contributed by atoms with Gasteiger partial charge in [-0.3, -0.25) is 4.68 Å². The van der Waals surface area contributed by atoms with Crippen LogP contribution in [0.5, 0.6) is 0 Å². The number of aliphatic imine (C=N–C) groups is 1. The van der Waals surface area contributed by atoms with E-state index in [4.69, 9.17) is 0 Å². The van der Waals surface area contributed by atoms with Gasteiger partial charge in [0.05, 0.1) is 30.0 Å². The molecule has 0 bridgehead atoms. The summed E-state index contributed by atoms with van der Waals surface area (Å²) in [4.78, 5) is 10.2. The Hall–Kier alpha value is -1.16. The van der Waals surface area contributed by atoms with Crippen molar-refractivity contribution < 1.29 is 0 Å². The summed E-state index contributed by atoms with van der Waals surface area (Å²) >= 11 is 1.66. The molecule has 2 N–H and O–H groups in total. The molecule has 0 spiro atoms. The zero-order chi connectivity index (χ0) is 16.1. The summed E-state index contributed by atoms with van der Waals surface area (Å²) in [6.45, 7) is 10.4. The van der Waals surface area contributed by atoms with Crippen LogP contribution in [-0.2, 0) is 20.1 Å². The van der Waals surface area contributed by atoms with Gasteiger partial charge in [-0.05, 0) is 27.7 Å². The minimum absolute atomic E-state index is 0. The van der Waals surface area contributed by atoms with Gasteiger partial charge < -0.3 is 10.6 Å². The molecule has 0 amide bonds. The van der Waals surface area contributed by atoms with Gasteiger partial charge in [-0.25, -0.2) is 9.98 Å². The van der Waals surface area contributed by atoms with Crippen molar-refractivity contribution in [1.82, 2.24) is 25.4 Å². The highest BCUT2D eigenvalue weighted by molar-refractivity contribution is 14.0. The lowest BCUT2D eigenvalue weighted by Gasteiger charge is -2.11. The number of nitrogens with zero attached hydrogens (tertiary/aromatic N) is 4. The van der Waals surface area contributed by atoms with E-state index in [9.17, 15) is 0 Å². The van der Waals surface area contributed by atoms with E-state index in [2.05, 4.69) is 39.6 Å². The van der Waals surface area contributed by atoms with Crippen LogP contribution in [0, 0.1) is 20.8 Å². The largest absolute Gasteiger partial charge is 0.357 e. The van der Waals surface area contributed by atoms with Crippen LogP contribution in [0.2, 0.25) is 0 Å². The van der Waals surface area contributed by atoms with E-state index in [1.165, 1.54) is 10.4 Å². The fourth-order valence-electron chi connectivity index (χ4n) is 2.21. The second kappa shape index (κ2) is 9.21. The van der Waals surface area contributed by atoms with Crippen LogP contribution in [0.4, 0.5) is 0 Å². The summed E-state index contributed by atoms with van der Waals surface area (Å²) in [5, 5.41) is 11.1. The van der Waals surface area contributed by atoms with E-state index in [-0.39, 0.29) is 24.0 Å². The molecule has 0 aliphatic heterocycles. The highest BCUT2D eigenvalue weighted by Gasteiger charge is 2.09. The van der Waals surface area contributed by atoms with Crippen molar-refractivity contribution in [3.63, 3.8) is 0 Å². The van der Waals surface area contributed by atoms with Gasteiger partial charge in [0.2, 0.25) is 0 Å². The molecule has 0 atom stereocenters. The third kappa shape index (κ3) is 5.17. The lowest BCUT2D eigenvalue weighted by atomic mass is 10.2. The Bertz CT molecular complexity index is 661. The number of guanidine groups is 1. The van der Waals surface area contributed by atoms with Crippen molar-refractivity contribution in [3.05, 3.63) is 33.0 Å². The van der Waals surface area contributed by atoms with Gasteiger partial charge in [0.1, 0.15) is 0 Å². The molecule has 0 saturated carbocycles. The number of aryl methyl sites for hydroxylation is 3. The topological polar surface area (TPSA) is 67.1 Å². The van der Waals surface area contributed by atoms with E-state index < -0.39 is 0 Å². The van der Waals surface area contributed by atoms with Gasteiger partial charge >= 0.3 is 0 Å². The van der Waals surface area contributed by atoms with Crippen molar-refractivity contribution in [2.45, 2.75) is 40.8 Å². The van der Waals surface area contributed by atoms with E-state index in [1.807, 2.05) is 31.1 Å². The van der Waals surface area contributed by atoms with E-state index >= 15 is 0 Å². The van der Waals surface area contributed by atoms with Crippen LogP contribution in [0.15, 0.2) is 10.5 Å². The minimum atomic E-state index is 0. The molecule has 2 aromatic heterocycles. The number of nitrogens with one attached hydrogen (secondary N) is 2. The second-order valence-corrected chi connectivity index (χ2v) is 6.12. The Morgan fingerprint density at radius 3 is 2.52 bits per heavy atom. The molecule has 0 aliphatic carbocycles. The molecule has 0 saturated heterocycles. The number of aromatic nitrogens is 3. The van der Waals surface area contributed by atoms with Crippen molar-refractivity contribution in [1.29, 1.82) is 0 Å². The standard InChI is InChI=1S/C15H24N6S.HI/c1-6-16-15(18-8-14-11(3)19-9-22-14)17-7-13-10(2)20-21(5)12(13)4;/h9H,6-8H2,1-5H3,(H2,16,17,18);1H. The molecule has 0 radical (unpaired) electrons. The maximum absolute atomic E-state index is 4.67. The molecule has 2 aromatic rings. The molecular weight excluding hydrogens is 423 g/mol. The smallest absolute Gasteiger partial charge is 0.191 e. The zero-order valence-electron chi connectivity index (χ0n) is 14.3. The fraction of sp³-hybridized carbons (Fsp3) is 0.533. The first-order valence-electron chi connectivity index (χ1n) is 7.43. The van der Waals surface area contributed by atoms with Crippen LogP contribution in [0.1, 0.15) is 34.4 Å². The average molecular weight is 448 g/mol. The van der Waals surface area contributed by atoms with Gasteiger partial charge in [0, 0.05) is 29.7 Å². The van der Waals surface area contributed by atoms with Crippen LogP contribution in [-0.4, -0.2) is 27.3 Å². The van der Waals surface area contributed by atoms with Gasteiger partial charge in [-0.15, -0.1) is 35.3 Å². The van der Waals surface area contributed by atoms with Crippen molar-refractivity contribution >= 4 is 41.3 Å². The maximum atomic E-state index is 4.67. The van der Waals surface area contributed by atoms with Crippen LogP contribution in [0.25, 0.3) is 0 Å². The molecule has 23 heavy (non-hydrogen) atoms. The third-order valence-corrected chi connectivity index (χ3v) is 4.59. The number of rotatable bonds is 5. The summed E-state index contributed by atoms with van der Waals surface area (Å²) in [6.07, 6.45) is 0. The quantitative estimate of drug-likeness (QED) is 0.420. The number of halogens is 1. The zero-order valence-corrected chi connectivity index (χ0v) is 17.5. The summed E-state index contributed by atoms with van der Waals surface area (Å²) in [7, 11) is 1.96. The molecule has 2 rings (SSSR count). The first-order valence-corrected chi connectivity index (χ1v) is 8.31. The Morgan fingerprint density at radius 2 is 2.00 bits per heavy atom. The normalized spacial score (nSPS) is 11.3. The molecule has 128 valence electrons. The first-order chi connectivity index (χ1) is 10.5. The molecule has 8 heteroatoms. The van der Waals surface area contributed by atoms with Gasteiger partial charge in [0.15, 0.2) is 5.96 Å². The van der Waals surface area contributed by atoms with Crippen molar-refractivity contribution in [3.8, 4) is 0 Å². The van der Waals surface area contributed by atoms with Crippen molar-refractivity contribution in [2.75, 3.05) is 6.54 Å². The Labute approximate surface area is 158 Å². The Balaban J connectivity index is 0.00000264. The summed E-state index contributed by atoms with van der Waals surface area (Å²) in [6, 6.07) is 0. The van der Waals surface area contributed by atoms with Crippen molar-refractivity contribution in [2.24, 2.45) is 12.0 Å². The second-order valence-electron chi connectivity index (χ2n) is 5.18. The average Bonchev–Trinajstić information content (AvgIpc) is 2.99. The summed E-state index contributed by atoms with van der Waals surface area (Å²) < 4.78 is 1.90. The van der Waals surface area contributed by atoms with Crippen LogP contribution < -0.4 is 10.6 Å². The highest BCUT2D eigenvalue weighted by atomic mass is 127. The summed E-state index contributed by atoms with van der Waals surface area (Å²) in [5.41, 5.74) is 6.34. The summed E-state index contributed by atoms with van der Waals surface area (Å²) in [5.74, 6) is 0.818. The first kappa shape index (κ1) is 19.9. The SMILES string of the molecule is CCNC(=NCc1c(C)nn(C)c1C)NCc1scnc1C.I. The monoisotopic (exact) mass is 448 g/mol. The van der Waals surface area contributed by atoms with E-state index in [0.29, 0.717) is 6.54 Å². The fourth-order valence-corrected chi connectivity index (χ4v) is 2.92. The number of hydrogen-bond donors (Lipinski definition) is 2. The van der Waals surface area contributed by atoms with Crippen LogP contribution in [0.3, 0.4) is 0 Å². The van der Waals surface area contributed by atoms with E-state index in [0.717, 1.165) is 36.1 Å². The van der Waals surface area contributed by atoms with Gasteiger partial charge in [0.25, 0.3) is 0 Å². The molecule has 0 aliphatic rings. The molecule has 0 unspecified atom stereocenters. The molecule has 0 aromatic carbocycles. The predicted molar refractivity (Wildman–Crippen MR) is 107 cm³/mol. The molecule has 6 nitrogen and oxygen atoms in total. The number of hydrogen-bond acceptors (Lipinski definition) is 4. The third-order valence-electron chi connectivity index (χ3n) is 3.66. The highest BCUT2D eigenvalue weighted by Crippen LogP contribution is 2.13. The van der Waals surface area contributed by atoms with Gasteiger partial charge in [-0.2, -0.15) is 5.10 Å². The minimum Gasteiger partial charge on any atom is -0.357 e. The lowest BCUT2D eigenvalue weighted by molar-refractivity contribution is 0.730. The maximum Gasteiger partial charge on any atom is 0.191 e. The lowest BCUT2D eigenvalue weighted by Crippen LogP contribution is -2.36. The number of thiazole rings is 1.